The van der Waals surface area contributed by atoms with Crippen molar-refractivity contribution in [2.75, 3.05) is 13.2 Å². The van der Waals surface area contributed by atoms with E-state index in [1.165, 1.54) is 0 Å². The van der Waals surface area contributed by atoms with Gasteiger partial charge in [-0.05, 0) is 25.0 Å². The predicted molar refractivity (Wildman–Crippen MR) is 81.6 cm³/mol. The maximum absolute atomic E-state index is 12.3. The van der Waals surface area contributed by atoms with Crippen molar-refractivity contribution in [3.8, 4) is 5.75 Å². The average Bonchev–Trinajstić information content (AvgIpc) is 3.20. The Hall–Kier alpha value is -1.88. The first-order chi connectivity index (χ1) is 10.6. The van der Waals surface area contributed by atoms with Crippen molar-refractivity contribution in [3.63, 3.8) is 0 Å². The van der Waals surface area contributed by atoms with Gasteiger partial charge in [-0.15, -0.1) is 0 Å². The number of fused-ring (bicyclic) bond motifs is 1. The Morgan fingerprint density at radius 1 is 1.36 bits per heavy atom. The van der Waals surface area contributed by atoms with Crippen molar-refractivity contribution >= 4 is 11.3 Å². The zero-order valence-electron chi connectivity index (χ0n) is 12.9. The molecule has 0 spiro atoms. The van der Waals surface area contributed by atoms with Crippen molar-refractivity contribution in [2.24, 2.45) is 5.92 Å². The minimum atomic E-state index is -0.0274. The Labute approximate surface area is 129 Å². The van der Waals surface area contributed by atoms with Gasteiger partial charge >= 0.3 is 0 Å². The number of Topliss-reactive ketones (excluding diaryl/α,β-unsaturated/α-hetero) is 1. The van der Waals surface area contributed by atoms with Crippen LogP contribution in [-0.4, -0.2) is 34.7 Å². The molecule has 2 aromatic rings. The molecule has 1 saturated carbocycles. The zero-order chi connectivity index (χ0) is 15.3. The number of ketones is 1. The lowest BCUT2D eigenvalue weighted by Crippen LogP contribution is -2.38. The largest absolute Gasteiger partial charge is 0.484 e. The lowest BCUT2D eigenvalue weighted by molar-refractivity contribution is -0.0801. The predicted octanol–water partition coefficient (Wildman–Crippen LogP) is 2.83. The monoisotopic (exact) mass is 300 g/mol. The summed E-state index contributed by atoms with van der Waals surface area (Å²) in [6, 6.07) is 3.93. The molecular formula is C17H20N2O3. The Morgan fingerprint density at radius 3 is 2.73 bits per heavy atom. The summed E-state index contributed by atoms with van der Waals surface area (Å²) in [5.41, 5.74) is 2.69. The minimum Gasteiger partial charge on any atom is -0.484 e. The molecule has 22 heavy (non-hydrogen) atoms. The highest BCUT2D eigenvalue weighted by molar-refractivity contribution is 6.03. The van der Waals surface area contributed by atoms with Gasteiger partial charge in [-0.3, -0.25) is 4.79 Å². The van der Waals surface area contributed by atoms with Gasteiger partial charge in [0.1, 0.15) is 11.9 Å². The molecule has 5 heteroatoms. The van der Waals surface area contributed by atoms with Gasteiger partial charge in [0.25, 0.3) is 0 Å². The van der Waals surface area contributed by atoms with Crippen LogP contribution in [0.2, 0.25) is 0 Å². The lowest BCUT2D eigenvalue weighted by Gasteiger charge is -2.27. The first kappa shape index (κ1) is 13.8. The summed E-state index contributed by atoms with van der Waals surface area (Å²) in [4.78, 5) is 12.3. The zero-order valence-corrected chi connectivity index (χ0v) is 12.9. The van der Waals surface area contributed by atoms with Crippen LogP contribution in [0.5, 0.6) is 5.75 Å². The van der Waals surface area contributed by atoms with Gasteiger partial charge in [0.2, 0.25) is 0 Å². The van der Waals surface area contributed by atoms with Crippen LogP contribution in [0.3, 0.4) is 0 Å². The second kappa shape index (κ2) is 5.09. The minimum absolute atomic E-state index is 0.0274. The van der Waals surface area contributed by atoms with Crippen LogP contribution in [0.4, 0.5) is 0 Å². The van der Waals surface area contributed by atoms with Gasteiger partial charge in [-0.2, -0.15) is 5.10 Å². The summed E-state index contributed by atoms with van der Waals surface area (Å²) in [7, 11) is 0. The van der Waals surface area contributed by atoms with Gasteiger partial charge < -0.3 is 9.47 Å². The van der Waals surface area contributed by atoms with Crippen LogP contribution >= 0.6 is 0 Å². The Bertz CT molecular complexity index is 727. The van der Waals surface area contributed by atoms with Gasteiger partial charge in [-0.25, -0.2) is 4.52 Å². The summed E-state index contributed by atoms with van der Waals surface area (Å²) in [5, 5.41) is 4.48. The molecule has 2 fully saturated rings. The fourth-order valence-corrected chi connectivity index (χ4v) is 2.85. The SMILES string of the molecule is CC(C)C(=O)c1cnn2c(C3CC3)c(OC3COC3)ccc12. The highest BCUT2D eigenvalue weighted by atomic mass is 16.6. The van der Waals surface area contributed by atoms with Crippen molar-refractivity contribution in [2.45, 2.75) is 38.7 Å². The second-order valence-electron chi connectivity index (χ2n) is 6.51. The van der Waals surface area contributed by atoms with E-state index in [-0.39, 0.29) is 17.8 Å². The van der Waals surface area contributed by atoms with E-state index in [0.717, 1.165) is 29.8 Å². The number of rotatable bonds is 5. The topological polar surface area (TPSA) is 52.8 Å². The Balaban J connectivity index is 1.79. The molecule has 116 valence electrons. The third-order valence-electron chi connectivity index (χ3n) is 4.33. The molecule has 0 amide bonds. The summed E-state index contributed by atoms with van der Waals surface area (Å²) >= 11 is 0. The molecule has 1 aliphatic heterocycles. The quantitative estimate of drug-likeness (QED) is 0.797. The molecule has 0 bridgehead atoms. The molecule has 3 heterocycles. The smallest absolute Gasteiger partial charge is 0.169 e. The van der Waals surface area contributed by atoms with Crippen LogP contribution in [0.15, 0.2) is 18.3 Å². The van der Waals surface area contributed by atoms with Crippen LogP contribution in [0.1, 0.15) is 48.7 Å². The fourth-order valence-electron chi connectivity index (χ4n) is 2.85. The molecule has 2 aliphatic rings. The second-order valence-corrected chi connectivity index (χ2v) is 6.51. The van der Waals surface area contributed by atoms with Crippen molar-refractivity contribution in [1.29, 1.82) is 0 Å². The number of aromatic nitrogens is 2. The summed E-state index contributed by atoms with van der Waals surface area (Å²) in [6.45, 7) is 5.14. The molecule has 1 saturated heterocycles. The first-order valence-electron chi connectivity index (χ1n) is 7.94. The molecule has 1 aliphatic carbocycles. The van der Waals surface area contributed by atoms with Crippen LogP contribution in [-0.2, 0) is 4.74 Å². The van der Waals surface area contributed by atoms with Crippen LogP contribution in [0.25, 0.3) is 5.52 Å². The van der Waals surface area contributed by atoms with Crippen LogP contribution in [0, 0.1) is 5.92 Å². The first-order valence-corrected chi connectivity index (χ1v) is 7.94. The Kier molecular flexibility index (Phi) is 3.18. The van der Waals surface area contributed by atoms with Crippen molar-refractivity contribution < 1.29 is 14.3 Å². The number of hydrogen-bond acceptors (Lipinski definition) is 4. The number of ether oxygens (including phenoxy) is 2. The van der Waals surface area contributed by atoms with E-state index in [4.69, 9.17) is 9.47 Å². The van der Waals surface area contributed by atoms with E-state index >= 15 is 0 Å². The third-order valence-corrected chi connectivity index (χ3v) is 4.33. The molecule has 5 nitrogen and oxygen atoms in total. The van der Waals surface area contributed by atoms with E-state index in [1.54, 1.807) is 6.20 Å². The number of carbonyl (C=O) groups excluding carboxylic acids is 1. The maximum Gasteiger partial charge on any atom is 0.169 e. The van der Waals surface area contributed by atoms with Gasteiger partial charge in [0.05, 0.1) is 36.2 Å². The number of carbonyl (C=O) groups is 1. The lowest BCUT2D eigenvalue weighted by atomic mass is 10.0. The normalized spacial score (nSPS) is 18.7. The Morgan fingerprint density at radius 2 is 2.14 bits per heavy atom. The van der Waals surface area contributed by atoms with Gasteiger partial charge in [0, 0.05) is 11.8 Å². The van der Waals surface area contributed by atoms with E-state index in [9.17, 15) is 4.79 Å². The van der Waals surface area contributed by atoms with E-state index in [0.29, 0.717) is 24.7 Å². The molecule has 0 aromatic carbocycles. The molecule has 2 aromatic heterocycles. The maximum atomic E-state index is 12.3. The molecule has 0 radical (unpaired) electrons. The van der Waals surface area contributed by atoms with E-state index in [1.807, 2.05) is 30.5 Å². The highest BCUT2D eigenvalue weighted by Crippen LogP contribution is 2.45. The van der Waals surface area contributed by atoms with E-state index < -0.39 is 0 Å². The number of hydrogen-bond donors (Lipinski definition) is 0. The standard InChI is InChI=1S/C17H20N2O3/c1-10(2)17(20)13-7-18-19-14(13)5-6-15(16(19)11-3-4-11)22-12-8-21-9-12/h5-7,10-12H,3-4,8-9H2,1-2H3. The third kappa shape index (κ3) is 2.20. The van der Waals surface area contributed by atoms with Gasteiger partial charge in [-0.1, -0.05) is 13.8 Å². The molecule has 0 unspecified atom stereocenters. The highest BCUT2D eigenvalue weighted by Gasteiger charge is 2.32. The number of nitrogens with zero attached hydrogens (tertiary/aromatic N) is 2. The van der Waals surface area contributed by atoms with Crippen LogP contribution < -0.4 is 4.74 Å². The van der Waals surface area contributed by atoms with Gasteiger partial charge in [0.15, 0.2) is 5.78 Å². The number of pyridine rings is 1. The summed E-state index contributed by atoms with van der Waals surface area (Å²) in [5.74, 6) is 1.48. The fraction of sp³-hybridized carbons (Fsp3) is 0.529. The molecule has 0 atom stereocenters. The van der Waals surface area contributed by atoms with Crippen molar-refractivity contribution in [1.82, 2.24) is 9.61 Å². The summed E-state index contributed by atoms with van der Waals surface area (Å²) < 4.78 is 13.1. The molecular weight excluding hydrogens is 280 g/mol. The van der Waals surface area contributed by atoms with E-state index in [2.05, 4.69) is 5.10 Å². The average molecular weight is 300 g/mol. The molecule has 4 rings (SSSR count). The summed E-state index contributed by atoms with van der Waals surface area (Å²) in [6.07, 6.45) is 4.15. The molecule has 0 N–H and O–H groups in total. The van der Waals surface area contributed by atoms with Crippen molar-refractivity contribution in [3.05, 3.63) is 29.6 Å².